The lowest BCUT2D eigenvalue weighted by molar-refractivity contribution is -0.0823. The summed E-state index contributed by atoms with van der Waals surface area (Å²) in [6, 6.07) is 11.9. The van der Waals surface area contributed by atoms with Crippen LogP contribution in [0.25, 0.3) is 22.2 Å². The van der Waals surface area contributed by atoms with Gasteiger partial charge in [0.1, 0.15) is 11.8 Å². The fraction of sp³-hybridized carbons (Fsp3) is 0.357. The van der Waals surface area contributed by atoms with E-state index in [-0.39, 0.29) is 6.61 Å². The second-order valence-corrected chi connectivity index (χ2v) is 10.2. The zero-order valence-electron chi connectivity index (χ0n) is 20.7. The van der Waals surface area contributed by atoms with Gasteiger partial charge < -0.3 is 14.4 Å². The topological polar surface area (TPSA) is 60.2 Å². The van der Waals surface area contributed by atoms with E-state index < -0.39 is 11.7 Å². The molecule has 0 bridgehead atoms. The molecular weight excluding hydrogens is 446 g/mol. The van der Waals surface area contributed by atoms with Crippen LogP contribution in [0.15, 0.2) is 48.8 Å². The van der Waals surface area contributed by atoms with Gasteiger partial charge in [-0.2, -0.15) is 0 Å². The first-order valence-corrected chi connectivity index (χ1v) is 11.9. The molecule has 178 valence electrons. The zero-order valence-corrected chi connectivity index (χ0v) is 21.4. The number of hydrogen-bond donors (Lipinski definition) is 1. The van der Waals surface area contributed by atoms with Crippen LogP contribution in [0.5, 0.6) is 0 Å². The number of aliphatic hydroxyl groups is 1. The number of pyridine rings is 2. The Labute approximate surface area is 206 Å². The van der Waals surface area contributed by atoms with Gasteiger partial charge in [0.15, 0.2) is 0 Å². The minimum atomic E-state index is -0.510. The second kappa shape index (κ2) is 9.49. The first-order chi connectivity index (χ1) is 16.1. The molecule has 0 spiro atoms. The SMILES string of the molecule is Cc1nc2c(c(C)c(C)n2Cc2cccnc2)c(-c2ccc(Cl)cc2)c1[C@@H](CO)OC(C)(C)C. The molecule has 0 fully saturated rings. The van der Waals surface area contributed by atoms with E-state index in [9.17, 15) is 5.11 Å². The van der Waals surface area contributed by atoms with E-state index in [1.807, 2.05) is 64.2 Å². The molecule has 6 heteroatoms. The van der Waals surface area contributed by atoms with Crippen molar-refractivity contribution in [2.24, 2.45) is 0 Å². The van der Waals surface area contributed by atoms with Crippen LogP contribution in [0.1, 0.15) is 55.0 Å². The average molecular weight is 478 g/mol. The van der Waals surface area contributed by atoms with E-state index in [1.54, 1.807) is 6.20 Å². The van der Waals surface area contributed by atoms with E-state index in [0.29, 0.717) is 11.6 Å². The van der Waals surface area contributed by atoms with Gasteiger partial charge in [-0.15, -0.1) is 0 Å². The van der Waals surface area contributed by atoms with Crippen molar-refractivity contribution < 1.29 is 9.84 Å². The number of ether oxygens (including phenoxy) is 1. The van der Waals surface area contributed by atoms with Crippen molar-refractivity contribution in [1.29, 1.82) is 0 Å². The molecule has 0 saturated carbocycles. The van der Waals surface area contributed by atoms with Gasteiger partial charge in [-0.05, 0) is 76.4 Å². The van der Waals surface area contributed by atoms with Crippen LogP contribution in [-0.4, -0.2) is 31.8 Å². The van der Waals surface area contributed by atoms with Crippen molar-refractivity contribution >= 4 is 22.6 Å². The summed E-state index contributed by atoms with van der Waals surface area (Å²) in [5.41, 5.74) is 7.71. The van der Waals surface area contributed by atoms with E-state index in [1.165, 1.54) is 0 Å². The Hall–Kier alpha value is -2.73. The molecule has 0 aliphatic rings. The lowest BCUT2D eigenvalue weighted by Gasteiger charge is -2.29. The quantitative estimate of drug-likeness (QED) is 0.341. The number of nitrogens with zero attached hydrogens (tertiary/aromatic N) is 3. The van der Waals surface area contributed by atoms with Gasteiger partial charge in [-0.1, -0.05) is 29.8 Å². The molecule has 1 atom stereocenters. The summed E-state index contributed by atoms with van der Waals surface area (Å²) in [6.45, 7) is 12.8. The first-order valence-electron chi connectivity index (χ1n) is 11.5. The molecule has 4 rings (SSSR count). The maximum Gasteiger partial charge on any atom is 0.141 e. The number of benzene rings is 1. The van der Waals surface area contributed by atoms with Crippen LogP contribution in [0.2, 0.25) is 5.02 Å². The van der Waals surface area contributed by atoms with E-state index in [0.717, 1.165) is 50.2 Å². The summed E-state index contributed by atoms with van der Waals surface area (Å²) in [7, 11) is 0. The van der Waals surface area contributed by atoms with Gasteiger partial charge in [-0.25, -0.2) is 4.98 Å². The minimum Gasteiger partial charge on any atom is -0.393 e. The van der Waals surface area contributed by atoms with E-state index in [2.05, 4.69) is 29.5 Å². The third-order valence-electron chi connectivity index (χ3n) is 6.16. The molecule has 0 saturated heterocycles. The number of fused-ring (bicyclic) bond motifs is 1. The highest BCUT2D eigenvalue weighted by molar-refractivity contribution is 6.30. The van der Waals surface area contributed by atoms with Crippen molar-refractivity contribution in [3.05, 3.63) is 81.9 Å². The number of hydrogen-bond acceptors (Lipinski definition) is 4. The molecular formula is C28H32ClN3O2. The smallest absolute Gasteiger partial charge is 0.141 e. The molecule has 34 heavy (non-hydrogen) atoms. The highest BCUT2D eigenvalue weighted by Crippen LogP contribution is 2.42. The van der Waals surface area contributed by atoms with E-state index in [4.69, 9.17) is 21.3 Å². The molecule has 3 aromatic heterocycles. The third kappa shape index (κ3) is 4.74. The van der Waals surface area contributed by atoms with Gasteiger partial charge >= 0.3 is 0 Å². The first kappa shape index (κ1) is 24.4. The van der Waals surface area contributed by atoms with Crippen LogP contribution in [0.4, 0.5) is 0 Å². The van der Waals surface area contributed by atoms with Crippen molar-refractivity contribution in [3.63, 3.8) is 0 Å². The van der Waals surface area contributed by atoms with Crippen LogP contribution < -0.4 is 0 Å². The fourth-order valence-electron chi connectivity index (χ4n) is 4.59. The molecule has 5 nitrogen and oxygen atoms in total. The lowest BCUT2D eigenvalue weighted by Crippen LogP contribution is -2.25. The molecule has 0 aliphatic heterocycles. The largest absolute Gasteiger partial charge is 0.393 e. The Morgan fingerprint density at radius 2 is 1.79 bits per heavy atom. The van der Waals surface area contributed by atoms with Crippen molar-refractivity contribution in [3.8, 4) is 11.1 Å². The maximum atomic E-state index is 10.4. The Balaban J connectivity index is 2.04. The number of aliphatic hydroxyl groups excluding tert-OH is 1. The predicted molar refractivity (Wildman–Crippen MR) is 138 cm³/mol. The van der Waals surface area contributed by atoms with Crippen molar-refractivity contribution in [2.45, 2.75) is 59.8 Å². The normalized spacial score (nSPS) is 12.9. The predicted octanol–water partition coefficient (Wildman–Crippen LogP) is 6.57. The third-order valence-corrected chi connectivity index (χ3v) is 6.42. The van der Waals surface area contributed by atoms with Crippen LogP contribution >= 0.6 is 11.6 Å². The number of rotatable bonds is 6. The van der Waals surface area contributed by atoms with Gasteiger partial charge in [0.25, 0.3) is 0 Å². The van der Waals surface area contributed by atoms with Crippen LogP contribution in [-0.2, 0) is 11.3 Å². The van der Waals surface area contributed by atoms with Gasteiger partial charge in [0.05, 0.1) is 18.8 Å². The highest BCUT2D eigenvalue weighted by Gasteiger charge is 2.29. The van der Waals surface area contributed by atoms with Gasteiger partial charge in [-0.3, -0.25) is 4.98 Å². The monoisotopic (exact) mass is 477 g/mol. The molecule has 0 radical (unpaired) electrons. The summed E-state index contributed by atoms with van der Waals surface area (Å²) in [6.07, 6.45) is 3.16. The summed E-state index contributed by atoms with van der Waals surface area (Å²) >= 11 is 6.23. The van der Waals surface area contributed by atoms with Gasteiger partial charge in [0.2, 0.25) is 0 Å². The summed E-state index contributed by atoms with van der Waals surface area (Å²) in [5.74, 6) is 0. The molecule has 0 aliphatic carbocycles. The Morgan fingerprint density at radius 3 is 2.38 bits per heavy atom. The second-order valence-electron chi connectivity index (χ2n) is 9.75. The molecule has 1 N–H and O–H groups in total. The molecule has 1 aromatic carbocycles. The molecule has 0 amide bonds. The van der Waals surface area contributed by atoms with E-state index >= 15 is 0 Å². The number of halogens is 1. The summed E-state index contributed by atoms with van der Waals surface area (Å²) in [5, 5.41) is 12.1. The lowest BCUT2D eigenvalue weighted by atomic mass is 9.91. The number of aromatic nitrogens is 3. The Kier molecular flexibility index (Phi) is 6.81. The highest BCUT2D eigenvalue weighted by atomic mass is 35.5. The van der Waals surface area contributed by atoms with Gasteiger partial charge in [0, 0.05) is 45.3 Å². The molecule has 3 heterocycles. The molecule has 4 aromatic rings. The Bertz CT molecular complexity index is 1310. The van der Waals surface area contributed by atoms with Crippen molar-refractivity contribution in [2.75, 3.05) is 6.61 Å². The zero-order chi connectivity index (χ0) is 24.6. The van der Waals surface area contributed by atoms with Crippen LogP contribution in [0, 0.1) is 20.8 Å². The number of aryl methyl sites for hydroxylation is 2. The summed E-state index contributed by atoms with van der Waals surface area (Å²) < 4.78 is 8.58. The molecule has 0 unspecified atom stereocenters. The standard InChI is InChI=1S/C28H32ClN3O2/c1-17-19(3)32(15-20-8-7-13-30-14-20)27-24(17)26(21-9-11-22(29)12-10-21)25(18(2)31-27)23(16-33)34-28(4,5)6/h7-14,23,33H,15-16H2,1-6H3/t23-/m1/s1. The van der Waals surface area contributed by atoms with Crippen molar-refractivity contribution in [1.82, 2.24) is 14.5 Å². The van der Waals surface area contributed by atoms with Crippen LogP contribution in [0.3, 0.4) is 0 Å². The maximum absolute atomic E-state index is 10.4. The average Bonchev–Trinajstić information content (AvgIpc) is 3.02. The fourth-order valence-corrected chi connectivity index (χ4v) is 4.71. The summed E-state index contributed by atoms with van der Waals surface area (Å²) in [4.78, 5) is 9.36. The Morgan fingerprint density at radius 1 is 1.09 bits per heavy atom. The minimum absolute atomic E-state index is 0.139.